The summed E-state index contributed by atoms with van der Waals surface area (Å²) in [4.78, 5) is 28.7. The van der Waals surface area contributed by atoms with Crippen LogP contribution in [0.15, 0.2) is 12.1 Å². The largest absolute Gasteiger partial charge is 0.478 e. The van der Waals surface area contributed by atoms with Crippen molar-refractivity contribution >= 4 is 11.9 Å². The van der Waals surface area contributed by atoms with E-state index < -0.39 is 5.97 Å². The highest BCUT2D eigenvalue weighted by molar-refractivity contribution is 5.94. The van der Waals surface area contributed by atoms with Gasteiger partial charge in [0.1, 0.15) is 5.69 Å². The van der Waals surface area contributed by atoms with E-state index in [2.05, 4.69) is 4.98 Å². The number of aryl methyl sites for hydroxylation is 1. The van der Waals surface area contributed by atoms with Crippen LogP contribution in [0.3, 0.4) is 0 Å². The molecule has 6 heteroatoms. The summed E-state index contributed by atoms with van der Waals surface area (Å²) < 4.78 is 5.17. The van der Waals surface area contributed by atoms with E-state index in [0.29, 0.717) is 32.0 Å². The summed E-state index contributed by atoms with van der Waals surface area (Å²) in [6, 6.07) is 2.87. The van der Waals surface area contributed by atoms with Crippen molar-refractivity contribution in [3.8, 4) is 0 Å². The van der Waals surface area contributed by atoms with Crippen molar-refractivity contribution in [3.63, 3.8) is 0 Å². The molecule has 1 aliphatic heterocycles. The number of aromatic carboxylic acids is 1. The van der Waals surface area contributed by atoms with Gasteiger partial charge in [0.2, 0.25) is 0 Å². The van der Waals surface area contributed by atoms with E-state index in [0.717, 1.165) is 0 Å². The first-order chi connectivity index (χ1) is 8.59. The Balaban J connectivity index is 2.20. The number of hydrogen-bond donors (Lipinski definition) is 1. The van der Waals surface area contributed by atoms with Gasteiger partial charge >= 0.3 is 5.97 Å². The first kappa shape index (κ1) is 12.5. The third-order valence-electron chi connectivity index (χ3n) is 2.83. The maximum absolute atomic E-state index is 12.1. The van der Waals surface area contributed by atoms with Crippen molar-refractivity contribution in [2.75, 3.05) is 26.3 Å². The monoisotopic (exact) mass is 250 g/mol. The lowest BCUT2D eigenvalue weighted by atomic mass is 10.2. The third kappa shape index (κ3) is 2.48. The number of aromatic nitrogens is 1. The van der Waals surface area contributed by atoms with Crippen LogP contribution in [0.2, 0.25) is 0 Å². The van der Waals surface area contributed by atoms with Gasteiger partial charge in [0.25, 0.3) is 5.91 Å². The van der Waals surface area contributed by atoms with Gasteiger partial charge in [0, 0.05) is 13.1 Å². The van der Waals surface area contributed by atoms with Gasteiger partial charge in [-0.05, 0) is 19.1 Å². The summed E-state index contributed by atoms with van der Waals surface area (Å²) in [6.07, 6.45) is 0. The van der Waals surface area contributed by atoms with Crippen LogP contribution < -0.4 is 0 Å². The normalized spacial score (nSPS) is 15.5. The van der Waals surface area contributed by atoms with Crippen molar-refractivity contribution in [1.29, 1.82) is 0 Å². The molecule has 0 aromatic carbocycles. The Morgan fingerprint density at radius 2 is 2.00 bits per heavy atom. The van der Waals surface area contributed by atoms with Crippen LogP contribution in [0.1, 0.15) is 26.5 Å². The van der Waals surface area contributed by atoms with Crippen molar-refractivity contribution in [2.45, 2.75) is 6.92 Å². The molecule has 6 nitrogen and oxygen atoms in total. The summed E-state index contributed by atoms with van der Waals surface area (Å²) in [5.74, 6) is -1.22. The molecule has 1 aromatic heterocycles. The molecule has 1 saturated heterocycles. The fourth-order valence-electron chi connectivity index (χ4n) is 1.83. The summed E-state index contributed by atoms with van der Waals surface area (Å²) in [5.41, 5.74) is 0.745. The van der Waals surface area contributed by atoms with E-state index >= 15 is 0 Å². The molecule has 1 fully saturated rings. The number of carboxylic acid groups (broad SMARTS) is 1. The molecule has 0 bridgehead atoms. The highest BCUT2D eigenvalue weighted by Crippen LogP contribution is 2.10. The molecule has 96 valence electrons. The predicted molar refractivity (Wildman–Crippen MR) is 62.7 cm³/mol. The number of carbonyl (C=O) groups is 2. The topological polar surface area (TPSA) is 79.7 Å². The van der Waals surface area contributed by atoms with E-state index in [9.17, 15) is 9.59 Å². The molecule has 18 heavy (non-hydrogen) atoms. The number of morpholine rings is 1. The number of carboxylic acids is 1. The number of ether oxygens (including phenoxy) is 1. The van der Waals surface area contributed by atoms with E-state index in [4.69, 9.17) is 9.84 Å². The Morgan fingerprint density at radius 1 is 1.33 bits per heavy atom. The quantitative estimate of drug-likeness (QED) is 0.829. The molecule has 1 amide bonds. The van der Waals surface area contributed by atoms with Crippen LogP contribution in [0.5, 0.6) is 0 Å². The minimum Gasteiger partial charge on any atom is -0.478 e. The maximum atomic E-state index is 12.1. The molecule has 1 aromatic rings. The molecule has 0 unspecified atom stereocenters. The van der Waals surface area contributed by atoms with Crippen molar-refractivity contribution in [1.82, 2.24) is 9.88 Å². The number of rotatable bonds is 2. The third-order valence-corrected chi connectivity index (χ3v) is 2.83. The highest BCUT2D eigenvalue weighted by atomic mass is 16.5. The van der Waals surface area contributed by atoms with E-state index in [1.165, 1.54) is 12.1 Å². The standard InChI is InChI=1S/C12H14N2O4/c1-8-9(12(16)17)2-3-10(13-8)11(15)14-4-6-18-7-5-14/h2-3H,4-7H2,1H3,(H,16,17). The van der Waals surface area contributed by atoms with Crippen molar-refractivity contribution < 1.29 is 19.4 Å². The second-order valence-corrected chi connectivity index (χ2v) is 4.04. The lowest BCUT2D eigenvalue weighted by Crippen LogP contribution is -2.41. The average Bonchev–Trinajstić information content (AvgIpc) is 2.38. The smallest absolute Gasteiger partial charge is 0.337 e. The second-order valence-electron chi connectivity index (χ2n) is 4.04. The van der Waals surface area contributed by atoms with E-state index in [1.807, 2.05) is 0 Å². The zero-order chi connectivity index (χ0) is 13.1. The number of nitrogens with zero attached hydrogens (tertiary/aromatic N) is 2. The predicted octanol–water partition coefficient (Wildman–Crippen LogP) is 0.561. The summed E-state index contributed by atoms with van der Waals surface area (Å²) >= 11 is 0. The van der Waals surface area contributed by atoms with Gasteiger partial charge in [0.05, 0.1) is 24.5 Å². The van der Waals surface area contributed by atoms with Gasteiger partial charge in [-0.3, -0.25) is 4.79 Å². The molecular formula is C12H14N2O4. The fraction of sp³-hybridized carbons (Fsp3) is 0.417. The minimum absolute atomic E-state index is 0.119. The number of amides is 1. The Labute approximate surface area is 104 Å². The molecule has 2 rings (SSSR count). The summed E-state index contributed by atoms with van der Waals surface area (Å²) in [6.45, 7) is 3.72. The molecule has 0 radical (unpaired) electrons. The molecule has 0 saturated carbocycles. The zero-order valence-corrected chi connectivity index (χ0v) is 10.0. The van der Waals surface area contributed by atoms with Gasteiger partial charge in [-0.1, -0.05) is 0 Å². The zero-order valence-electron chi connectivity index (χ0n) is 10.0. The molecular weight excluding hydrogens is 236 g/mol. The maximum Gasteiger partial charge on any atom is 0.337 e. The first-order valence-corrected chi connectivity index (χ1v) is 5.67. The van der Waals surface area contributed by atoms with E-state index in [1.54, 1.807) is 11.8 Å². The fourth-order valence-corrected chi connectivity index (χ4v) is 1.83. The van der Waals surface area contributed by atoms with Crippen LogP contribution in [0.25, 0.3) is 0 Å². The molecule has 0 atom stereocenters. The van der Waals surface area contributed by atoms with E-state index in [-0.39, 0.29) is 17.2 Å². The van der Waals surface area contributed by atoms with Crippen LogP contribution in [0.4, 0.5) is 0 Å². The molecule has 1 aliphatic rings. The lowest BCUT2D eigenvalue weighted by molar-refractivity contribution is 0.0298. The number of carbonyl (C=O) groups excluding carboxylic acids is 1. The first-order valence-electron chi connectivity index (χ1n) is 5.67. The Morgan fingerprint density at radius 3 is 2.56 bits per heavy atom. The Kier molecular flexibility index (Phi) is 3.57. The van der Waals surface area contributed by atoms with Gasteiger partial charge in [-0.25, -0.2) is 9.78 Å². The molecule has 0 spiro atoms. The van der Waals surface area contributed by atoms with Crippen LogP contribution in [-0.2, 0) is 4.74 Å². The van der Waals surface area contributed by atoms with Crippen LogP contribution >= 0.6 is 0 Å². The average molecular weight is 250 g/mol. The second kappa shape index (κ2) is 5.14. The Hall–Kier alpha value is -1.95. The van der Waals surface area contributed by atoms with Crippen molar-refractivity contribution in [3.05, 3.63) is 29.1 Å². The van der Waals surface area contributed by atoms with Gasteiger partial charge < -0.3 is 14.7 Å². The number of pyridine rings is 1. The Bertz CT molecular complexity index is 481. The van der Waals surface area contributed by atoms with Crippen LogP contribution in [0, 0.1) is 6.92 Å². The van der Waals surface area contributed by atoms with Gasteiger partial charge in [0.15, 0.2) is 0 Å². The highest BCUT2D eigenvalue weighted by Gasteiger charge is 2.20. The van der Waals surface area contributed by atoms with Gasteiger partial charge in [-0.2, -0.15) is 0 Å². The molecule has 2 heterocycles. The van der Waals surface area contributed by atoms with Crippen molar-refractivity contribution in [2.24, 2.45) is 0 Å². The van der Waals surface area contributed by atoms with Crippen LogP contribution in [-0.4, -0.2) is 53.2 Å². The summed E-state index contributed by atoms with van der Waals surface area (Å²) in [5, 5.41) is 8.89. The number of hydrogen-bond acceptors (Lipinski definition) is 4. The summed E-state index contributed by atoms with van der Waals surface area (Å²) in [7, 11) is 0. The molecule has 1 N–H and O–H groups in total. The lowest BCUT2D eigenvalue weighted by Gasteiger charge is -2.26. The minimum atomic E-state index is -1.04. The van der Waals surface area contributed by atoms with Gasteiger partial charge in [-0.15, -0.1) is 0 Å². The molecule has 0 aliphatic carbocycles. The SMILES string of the molecule is Cc1nc(C(=O)N2CCOCC2)ccc1C(=O)O.